The lowest BCUT2D eigenvalue weighted by Crippen LogP contribution is -2.38. The summed E-state index contributed by atoms with van der Waals surface area (Å²) >= 11 is 0. The molecule has 0 aliphatic rings. The Bertz CT molecular complexity index is 991. The van der Waals surface area contributed by atoms with Gasteiger partial charge in [-0.15, -0.1) is 24.0 Å². The van der Waals surface area contributed by atoms with Crippen molar-refractivity contribution in [1.29, 1.82) is 0 Å². The molecule has 164 valence electrons. The van der Waals surface area contributed by atoms with Crippen LogP contribution in [0.5, 0.6) is 0 Å². The fourth-order valence-electron chi connectivity index (χ4n) is 3.75. The zero-order chi connectivity index (χ0) is 20.8. The van der Waals surface area contributed by atoms with E-state index in [1.165, 1.54) is 17.3 Å². The SMILES string of the molecule is CCNC(=NCc1c(CC)nn(C)c1CC)NCCc1c[nH]c2ccc(F)cc12.I. The number of aliphatic imine (C=N–C) groups is 1. The molecule has 0 fully saturated rings. The van der Waals surface area contributed by atoms with Gasteiger partial charge in [-0.3, -0.25) is 4.68 Å². The molecule has 0 amide bonds. The van der Waals surface area contributed by atoms with Crippen molar-refractivity contribution in [3.05, 3.63) is 52.7 Å². The van der Waals surface area contributed by atoms with Crippen LogP contribution in [0.25, 0.3) is 10.9 Å². The molecular formula is C22H32FIN6. The minimum absolute atomic E-state index is 0. The first-order chi connectivity index (χ1) is 14.1. The van der Waals surface area contributed by atoms with Crippen LogP contribution in [-0.2, 0) is 32.9 Å². The van der Waals surface area contributed by atoms with Gasteiger partial charge in [-0.2, -0.15) is 5.10 Å². The highest BCUT2D eigenvalue weighted by atomic mass is 127. The summed E-state index contributed by atoms with van der Waals surface area (Å²) in [7, 11) is 2.00. The van der Waals surface area contributed by atoms with E-state index in [9.17, 15) is 4.39 Å². The summed E-state index contributed by atoms with van der Waals surface area (Å²) in [6.45, 7) is 8.44. The Kier molecular flexibility index (Phi) is 9.13. The van der Waals surface area contributed by atoms with Gasteiger partial charge in [-0.05, 0) is 49.9 Å². The number of aromatic nitrogens is 3. The van der Waals surface area contributed by atoms with Crippen LogP contribution in [0.4, 0.5) is 4.39 Å². The number of fused-ring (bicyclic) bond motifs is 1. The van der Waals surface area contributed by atoms with Gasteiger partial charge >= 0.3 is 0 Å². The van der Waals surface area contributed by atoms with E-state index in [0.717, 1.165) is 53.9 Å². The van der Waals surface area contributed by atoms with Crippen LogP contribution in [0.15, 0.2) is 29.4 Å². The third-order valence-electron chi connectivity index (χ3n) is 5.18. The van der Waals surface area contributed by atoms with Crippen molar-refractivity contribution in [2.24, 2.45) is 12.0 Å². The Morgan fingerprint density at radius 2 is 2.00 bits per heavy atom. The summed E-state index contributed by atoms with van der Waals surface area (Å²) in [5, 5.41) is 12.3. The molecule has 0 saturated carbocycles. The van der Waals surface area contributed by atoms with Crippen molar-refractivity contribution in [3.8, 4) is 0 Å². The largest absolute Gasteiger partial charge is 0.361 e. The molecule has 0 radical (unpaired) electrons. The molecule has 30 heavy (non-hydrogen) atoms. The zero-order valence-corrected chi connectivity index (χ0v) is 20.5. The smallest absolute Gasteiger partial charge is 0.191 e. The molecule has 3 aromatic rings. The Morgan fingerprint density at radius 3 is 2.70 bits per heavy atom. The molecule has 0 aliphatic heterocycles. The molecule has 8 heteroatoms. The number of aromatic amines is 1. The normalized spacial score (nSPS) is 11.6. The number of hydrogen-bond donors (Lipinski definition) is 3. The van der Waals surface area contributed by atoms with E-state index in [4.69, 9.17) is 4.99 Å². The number of halogens is 2. The molecule has 1 aromatic carbocycles. The van der Waals surface area contributed by atoms with Gasteiger partial charge in [-0.1, -0.05) is 13.8 Å². The molecule has 0 unspecified atom stereocenters. The predicted molar refractivity (Wildman–Crippen MR) is 132 cm³/mol. The Morgan fingerprint density at radius 1 is 1.20 bits per heavy atom. The molecule has 0 saturated heterocycles. The highest BCUT2D eigenvalue weighted by molar-refractivity contribution is 14.0. The lowest BCUT2D eigenvalue weighted by atomic mass is 10.1. The molecule has 3 rings (SSSR count). The number of nitrogens with zero attached hydrogens (tertiary/aromatic N) is 3. The van der Waals surface area contributed by atoms with Gasteiger partial charge in [0.25, 0.3) is 0 Å². The summed E-state index contributed by atoms with van der Waals surface area (Å²) in [6, 6.07) is 4.84. The minimum Gasteiger partial charge on any atom is -0.361 e. The standard InChI is InChI=1S/C22H31FN6.HI/c1-5-19-18(21(6-2)29(4)28-19)14-27-22(24-7-3)25-11-10-15-13-26-20-9-8-16(23)12-17(15)20;/h8-9,12-13,26H,5-7,10-11,14H2,1-4H3,(H2,24,25,27);1H. The predicted octanol–water partition coefficient (Wildman–Crippen LogP) is 4.08. The van der Waals surface area contributed by atoms with E-state index >= 15 is 0 Å². The first kappa shape index (κ1) is 24.2. The van der Waals surface area contributed by atoms with Crippen LogP contribution in [0, 0.1) is 5.82 Å². The summed E-state index contributed by atoms with van der Waals surface area (Å²) < 4.78 is 15.5. The van der Waals surface area contributed by atoms with Crippen molar-refractivity contribution in [2.45, 2.75) is 46.6 Å². The highest BCUT2D eigenvalue weighted by Crippen LogP contribution is 2.19. The molecular weight excluding hydrogens is 494 g/mol. The van der Waals surface area contributed by atoms with Crippen molar-refractivity contribution in [2.75, 3.05) is 13.1 Å². The highest BCUT2D eigenvalue weighted by Gasteiger charge is 2.13. The maximum Gasteiger partial charge on any atom is 0.191 e. The van der Waals surface area contributed by atoms with E-state index in [1.54, 1.807) is 12.1 Å². The molecule has 2 aromatic heterocycles. The first-order valence-corrected chi connectivity index (χ1v) is 10.4. The quantitative estimate of drug-likeness (QED) is 0.236. The summed E-state index contributed by atoms with van der Waals surface area (Å²) in [5.41, 5.74) is 5.63. The second-order valence-electron chi connectivity index (χ2n) is 7.08. The van der Waals surface area contributed by atoms with Crippen LogP contribution in [0.1, 0.15) is 43.3 Å². The fraction of sp³-hybridized carbons (Fsp3) is 0.455. The van der Waals surface area contributed by atoms with E-state index in [2.05, 4.69) is 41.5 Å². The third kappa shape index (κ3) is 5.53. The molecule has 0 aliphatic carbocycles. The molecule has 2 heterocycles. The fourth-order valence-corrected chi connectivity index (χ4v) is 3.75. The topological polar surface area (TPSA) is 70.0 Å². The molecule has 6 nitrogen and oxygen atoms in total. The average Bonchev–Trinajstić information content (AvgIpc) is 3.25. The van der Waals surface area contributed by atoms with E-state index in [-0.39, 0.29) is 29.8 Å². The van der Waals surface area contributed by atoms with Crippen molar-refractivity contribution >= 4 is 40.8 Å². The van der Waals surface area contributed by atoms with Crippen molar-refractivity contribution in [3.63, 3.8) is 0 Å². The van der Waals surface area contributed by atoms with Crippen molar-refractivity contribution in [1.82, 2.24) is 25.4 Å². The number of aryl methyl sites for hydroxylation is 2. The van der Waals surface area contributed by atoms with Gasteiger partial charge in [0.05, 0.1) is 12.2 Å². The number of H-pyrrole nitrogens is 1. The van der Waals surface area contributed by atoms with Crippen LogP contribution < -0.4 is 10.6 Å². The second-order valence-corrected chi connectivity index (χ2v) is 7.08. The molecule has 0 bridgehead atoms. The average molecular weight is 526 g/mol. The second kappa shape index (κ2) is 11.3. The summed E-state index contributed by atoms with van der Waals surface area (Å²) in [5.74, 6) is 0.572. The number of nitrogens with one attached hydrogen (secondary N) is 3. The zero-order valence-electron chi connectivity index (χ0n) is 18.2. The van der Waals surface area contributed by atoms with Crippen LogP contribution in [-0.4, -0.2) is 33.8 Å². The van der Waals surface area contributed by atoms with Crippen molar-refractivity contribution < 1.29 is 4.39 Å². The van der Waals surface area contributed by atoms with Gasteiger partial charge in [0, 0.05) is 48.5 Å². The van der Waals surface area contributed by atoms with Gasteiger partial charge in [-0.25, -0.2) is 9.38 Å². The van der Waals surface area contributed by atoms with Gasteiger partial charge in [0.15, 0.2) is 5.96 Å². The van der Waals surface area contributed by atoms with E-state index in [0.29, 0.717) is 13.1 Å². The Hall–Kier alpha value is -2.10. The van der Waals surface area contributed by atoms with Crippen LogP contribution >= 0.6 is 24.0 Å². The molecule has 3 N–H and O–H groups in total. The number of guanidine groups is 1. The maximum absolute atomic E-state index is 13.6. The monoisotopic (exact) mass is 526 g/mol. The van der Waals surface area contributed by atoms with E-state index < -0.39 is 0 Å². The van der Waals surface area contributed by atoms with Gasteiger partial charge in [0.1, 0.15) is 5.82 Å². The lowest BCUT2D eigenvalue weighted by Gasteiger charge is -2.11. The Balaban J connectivity index is 0.00000320. The lowest BCUT2D eigenvalue weighted by molar-refractivity contribution is 0.629. The summed E-state index contributed by atoms with van der Waals surface area (Å²) in [6.07, 6.45) is 4.57. The number of rotatable bonds is 8. The van der Waals surface area contributed by atoms with Gasteiger partial charge < -0.3 is 15.6 Å². The Labute approximate surface area is 194 Å². The van der Waals surface area contributed by atoms with Crippen LogP contribution in [0.2, 0.25) is 0 Å². The maximum atomic E-state index is 13.6. The third-order valence-corrected chi connectivity index (χ3v) is 5.18. The molecule has 0 atom stereocenters. The van der Waals surface area contributed by atoms with Crippen LogP contribution in [0.3, 0.4) is 0 Å². The summed E-state index contributed by atoms with van der Waals surface area (Å²) in [4.78, 5) is 7.99. The number of hydrogen-bond acceptors (Lipinski definition) is 2. The molecule has 0 spiro atoms. The van der Waals surface area contributed by atoms with E-state index in [1.807, 2.05) is 17.9 Å². The first-order valence-electron chi connectivity index (χ1n) is 10.4. The number of benzene rings is 1. The minimum atomic E-state index is -0.212. The van der Waals surface area contributed by atoms with Gasteiger partial charge in [0.2, 0.25) is 0 Å².